The monoisotopic (exact) mass is 447 g/mol. The van der Waals surface area contributed by atoms with Crippen LogP contribution in [0.4, 0.5) is 15.8 Å². The third-order valence-corrected chi connectivity index (χ3v) is 4.51. The minimum atomic E-state index is -0.917. The number of methoxy groups -OCH3 is 1. The summed E-state index contributed by atoms with van der Waals surface area (Å²) in [5.41, 5.74) is 0.267. The van der Waals surface area contributed by atoms with Gasteiger partial charge in [0.25, 0.3) is 11.6 Å². The van der Waals surface area contributed by atoms with E-state index in [-0.39, 0.29) is 12.2 Å². The van der Waals surface area contributed by atoms with Crippen LogP contribution in [0.5, 0.6) is 11.5 Å². The molecule has 0 atom stereocenters. The summed E-state index contributed by atoms with van der Waals surface area (Å²) in [5.74, 6) is -0.922. The first kappa shape index (κ1) is 23.0. The van der Waals surface area contributed by atoms with Crippen LogP contribution in [0, 0.1) is 27.3 Å². The summed E-state index contributed by atoms with van der Waals surface area (Å²) in [6.45, 7) is 0.280. The normalized spacial score (nSPS) is 10.8. The second-order valence-electron chi connectivity index (χ2n) is 6.73. The van der Waals surface area contributed by atoms with Crippen LogP contribution in [-0.2, 0) is 11.4 Å². The number of nitrogens with zero attached hydrogens (tertiary/aromatic N) is 2. The zero-order chi connectivity index (χ0) is 23.8. The Morgan fingerprint density at radius 2 is 1.91 bits per heavy atom. The number of benzene rings is 3. The topological polar surface area (TPSA) is 114 Å². The summed E-state index contributed by atoms with van der Waals surface area (Å²) < 4.78 is 25.1. The first-order chi connectivity index (χ1) is 15.9. The number of hydrogen-bond donors (Lipinski definition) is 1. The molecule has 0 spiro atoms. The van der Waals surface area contributed by atoms with Gasteiger partial charge in [-0.1, -0.05) is 36.4 Å². The molecule has 0 aliphatic rings. The van der Waals surface area contributed by atoms with Gasteiger partial charge in [-0.05, 0) is 35.4 Å². The highest BCUT2D eigenvalue weighted by atomic mass is 19.1. The van der Waals surface area contributed by atoms with Gasteiger partial charge >= 0.3 is 0 Å². The smallest absolute Gasteiger partial charge is 0.271 e. The number of hydrogen-bond acceptors (Lipinski definition) is 6. The van der Waals surface area contributed by atoms with Crippen molar-refractivity contribution in [1.29, 1.82) is 5.26 Å². The van der Waals surface area contributed by atoms with Crippen LogP contribution in [0.15, 0.2) is 72.3 Å². The van der Waals surface area contributed by atoms with E-state index in [1.54, 1.807) is 24.3 Å². The van der Waals surface area contributed by atoms with Crippen molar-refractivity contribution in [2.45, 2.75) is 6.61 Å². The van der Waals surface area contributed by atoms with Crippen LogP contribution in [0.25, 0.3) is 6.08 Å². The molecule has 0 aliphatic carbocycles. The predicted molar refractivity (Wildman–Crippen MR) is 119 cm³/mol. The van der Waals surface area contributed by atoms with Gasteiger partial charge in [-0.2, -0.15) is 5.26 Å². The van der Waals surface area contributed by atoms with Crippen molar-refractivity contribution in [3.8, 4) is 17.6 Å². The summed E-state index contributed by atoms with van der Waals surface area (Å²) in [6, 6.07) is 18.8. The summed E-state index contributed by atoms with van der Waals surface area (Å²) in [5, 5.41) is 22.5. The number of carbonyl (C=O) groups excluding carboxylic acids is 1. The summed E-state index contributed by atoms with van der Waals surface area (Å²) in [6.07, 6.45) is 1.29. The van der Waals surface area contributed by atoms with Gasteiger partial charge in [-0.25, -0.2) is 4.39 Å². The van der Waals surface area contributed by atoms with E-state index >= 15 is 0 Å². The molecule has 0 fully saturated rings. The molecule has 0 bridgehead atoms. The Balaban J connectivity index is 1.83. The van der Waals surface area contributed by atoms with E-state index in [0.717, 1.165) is 23.8 Å². The fourth-order valence-electron chi connectivity index (χ4n) is 2.86. The van der Waals surface area contributed by atoms with Crippen molar-refractivity contribution in [3.05, 3.63) is 99.4 Å². The first-order valence-electron chi connectivity index (χ1n) is 9.63. The number of ether oxygens (including phenoxy) is 2. The van der Waals surface area contributed by atoms with Crippen molar-refractivity contribution in [3.63, 3.8) is 0 Å². The largest absolute Gasteiger partial charge is 0.493 e. The molecule has 3 aromatic rings. The molecule has 166 valence electrons. The minimum Gasteiger partial charge on any atom is -0.493 e. The van der Waals surface area contributed by atoms with Crippen molar-refractivity contribution in [2.75, 3.05) is 12.4 Å². The van der Waals surface area contributed by atoms with E-state index < -0.39 is 28.0 Å². The molecule has 33 heavy (non-hydrogen) atoms. The highest BCUT2D eigenvalue weighted by molar-refractivity contribution is 6.09. The molecular weight excluding hydrogens is 429 g/mol. The van der Waals surface area contributed by atoms with Crippen LogP contribution in [-0.4, -0.2) is 17.9 Å². The number of carbonyl (C=O) groups is 1. The maximum absolute atomic E-state index is 14.0. The average molecular weight is 447 g/mol. The average Bonchev–Trinajstić information content (AvgIpc) is 2.83. The second-order valence-corrected chi connectivity index (χ2v) is 6.73. The number of nitro groups is 1. The number of non-ortho nitro benzene ring substituents is 1. The Morgan fingerprint density at radius 3 is 2.58 bits per heavy atom. The van der Waals surface area contributed by atoms with Crippen molar-refractivity contribution in [2.24, 2.45) is 0 Å². The van der Waals surface area contributed by atoms with Crippen molar-refractivity contribution >= 4 is 23.4 Å². The van der Waals surface area contributed by atoms with E-state index in [1.807, 2.05) is 30.3 Å². The Morgan fingerprint density at radius 1 is 1.15 bits per heavy atom. The van der Waals surface area contributed by atoms with Crippen LogP contribution in [0.2, 0.25) is 0 Å². The van der Waals surface area contributed by atoms with E-state index in [4.69, 9.17) is 9.47 Å². The van der Waals surface area contributed by atoms with Gasteiger partial charge in [0.1, 0.15) is 24.1 Å². The Bertz CT molecular complexity index is 1250. The zero-order valence-electron chi connectivity index (χ0n) is 17.4. The van der Waals surface area contributed by atoms with E-state index in [9.17, 15) is 24.6 Å². The molecule has 0 radical (unpaired) electrons. The van der Waals surface area contributed by atoms with Gasteiger partial charge in [0.15, 0.2) is 11.5 Å². The molecule has 0 unspecified atom stereocenters. The van der Waals surface area contributed by atoms with Crippen LogP contribution >= 0.6 is 0 Å². The summed E-state index contributed by atoms with van der Waals surface area (Å²) >= 11 is 0. The molecule has 0 aliphatic heterocycles. The zero-order valence-corrected chi connectivity index (χ0v) is 17.4. The molecule has 3 aromatic carbocycles. The highest BCUT2D eigenvalue weighted by Crippen LogP contribution is 2.30. The fraction of sp³-hybridized carbons (Fsp3) is 0.0833. The van der Waals surface area contributed by atoms with E-state index in [1.165, 1.54) is 13.2 Å². The molecule has 0 heterocycles. The maximum atomic E-state index is 14.0. The lowest BCUT2D eigenvalue weighted by atomic mass is 10.1. The number of rotatable bonds is 8. The fourth-order valence-corrected chi connectivity index (χ4v) is 2.86. The van der Waals surface area contributed by atoms with Crippen LogP contribution < -0.4 is 14.8 Å². The summed E-state index contributed by atoms with van der Waals surface area (Å²) in [4.78, 5) is 22.7. The van der Waals surface area contributed by atoms with Gasteiger partial charge in [-0.15, -0.1) is 0 Å². The molecular formula is C24H18FN3O5. The lowest BCUT2D eigenvalue weighted by molar-refractivity contribution is -0.384. The summed E-state index contributed by atoms with van der Waals surface area (Å²) in [7, 11) is 1.49. The van der Waals surface area contributed by atoms with Gasteiger partial charge in [-0.3, -0.25) is 14.9 Å². The molecule has 0 saturated heterocycles. The number of amides is 1. The van der Waals surface area contributed by atoms with Gasteiger partial charge < -0.3 is 14.8 Å². The lowest BCUT2D eigenvalue weighted by Crippen LogP contribution is -2.14. The number of nitrogens with one attached hydrogen (secondary N) is 1. The highest BCUT2D eigenvalue weighted by Gasteiger charge is 2.16. The van der Waals surface area contributed by atoms with Crippen LogP contribution in [0.3, 0.4) is 0 Å². The molecule has 0 saturated carbocycles. The van der Waals surface area contributed by atoms with Crippen molar-refractivity contribution < 1.29 is 23.6 Å². The third kappa shape index (κ3) is 5.92. The molecule has 9 heteroatoms. The Labute approximate surface area is 188 Å². The molecule has 1 amide bonds. The minimum absolute atomic E-state index is 0.280. The first-order valence-corrected chi connectivity index (χ1v) is 9.63. The maximum Gasteiger partial charge on any atom is 0.271 e. The molecule has 3 rings (SSSR count). The van der Waals surface area contributed by atoms with Gasteiger partial charge in [0, 0.05) is 12.1 Å². The quantitative estimate of drug-likeness (QED) is 0.228. The number of halogens is 1. The van der Waals surface area contributed by atoms with Crippen molar-refractivity contribution in [1.82, 2.24) is 0 Å². The van der Waals surface area contributed by atoms with Gasteiger partial charge in [0.2, 0.25) is 0 Å². The molecule has 8 nitrogen and oxygen atoms in total. The third-order valence-electron chi connectivity index (χ3n) is 4.51. The Hall–Kier alpha value is -4.71. The SMILES string of the molecule is COc1ccc(/C=C(\C#N)C(=O)Nc2cc([N+](=O)[O-])ccc2F)cc1OCc1ccccc1. The Kier molecular flexibility index (Phi) is 7.34. The van der Waals surface area contributed by atoms with Gasteiger partial charge in [0.05, 0.1) is 17.7 Å². The number of nitro benzene ring substituents is 1. The predicted octanol–water partition coefficient (Wildman–Crippen LogP) is 4.87. The number of nitriles is 1. The second kappa shape index (κ2) is 10.5. The van der Waals surface area contributed by atoms with E-state index in [0.29, 0.717) is 17.1 Å². The molecule has 1 N–H and O–H groups in total. The van der Waals surface area contributed by atoms with E-state index in [2.05, 4.69) is 5.32 Å². The lowest BCUT2D eigenvalue weighted by Gasteiger charge is -2.12. The van der Waals surface area contributed by atoms with Crippen LogP contribution in [0.1, 0.15) is 11.1 Å². The standard InChI is InChI=1S/C24H18FN3O5/c1-32-22-10-7-17(12-23(22)33-15-16-5-3-2-4-6-16)11-18(14-26)24(29)27-21-13-19(28(30)31)8-9-20(21)25/h2-13H,15H2,1H3,(H,27,29)/b18-11+. The molecule has 0 aromatic heterocycles. The number of anilines is 1.